The van der Waals surface area contributed by atoms with Crippen LogP contribution in [0.25, 0.3) is 0 Å². The summed E-state index contributed by atoms with van der Waals surface area (Å²) < 4.78 is 1.91. The topological polar surface area (TPSA) is 46.9 Å². The SMILES string of the molecule is CCn1nc(C=O)c2c1CNCC2. The number of hydrogen-bond acceptors (Lipinski definition) is 3. The summed E-state index contributed by atoms with van der Waals surface area (Å²) >= 11 is 0. The first kappa shape index (κ1) is 8.44. The van der Waals surface area contributed by atoms with E-state index in [2.05, 4.69) is 10.4 Å². The lowest BCUT2D eigenvalue weighted by atomic mass is 10.1. The fraction of sp³-hybridized carbons (Fsp3) is 0.556. The Hall–Kier alpha value is -1.16. The molecule has 2 heterocycles. The average molecular weight is 179 g/mol. The minimum absolute atomic E-state index is 0.623. The number of nitrogens with one attached hydrogen (secondary N) is 1. The van der Waals surface area contributed by atoms with Gasteiger partial charge in [0, 0.05) is 18.7 Å². The first-order valence-corrected chi connectivity index (χ1v) is 4.61. The first-order chi connectivity index (χ1) is 6.36. The summed E-state index contributed by atoms with van der Waals surface area (Å²) in [6, 6.07) is 0. The van der Waals surface area contributed by atoms with Crippen LogP contribution in [0.5, 0.6) is 0 Å². The quantitative estimate of drug-likeness (QED) is 0.667. The lowest BCUT2D eigenvalue weighted by molar-refractivity contribution is 0.111. The molecule has 4 nitrogen and oxygen atoms in total. The summed E-state index contributed by atoms with van der Waals surface area (Å²) in [6.45, 7) is 4.65. The van der Waals surface area contributed by atoms with Gasteiger partial charge in [0.05, 0.1) is 5.69 Å². The largest absolute Gasteiger partial charge is 0.311 e. The number of carbonyl (C=O) groups excluding carboxylic acids is 1. The van der Waals surface area contributed by atoms with E-state index < -0.39 is 0 Å². The highest BCUT2D eigenvalue weighted by atomic mass is 16.1. The normalized spacial score (nSPS) is 15.5. The number of fused-ring (bicyclic) bond motifs is 1. The summed E-state index contributed by atoms with van der Waals surface area (Å²) in [4.78, 5) is 10.7. The van der Waals surface area contributed by atoms with Gasteiger partial charge in [-0.2, -0.15) is 5.10 Å². The molecule has 0 aliphatic carbocycles. The maximum Gasteiger partial charge on any atom is 0.170 e. The lowest BCUT2D eigenvalue weighted by Crippen LogP contribution is -2.25. The molecule has 0 spiro atoms. The van der Waals surface area contributed by atoms with Crippen LogP contribution in [-0.2, 0) is 19.5 Å². The third-order valence-corrected chi connectivity index (χ3v) is 2.45. The Morgan fingerprint density at radius 2 is 2.54 bits per heavy atom. The van der Waals surface area contributed by atoms with Gasteiger partial charge in [-0.3, -0.25) is 9.48 Å². The smallest absolute Gasteiger partial charge is 0.170 e. The van der Waals surface area contributed by atoms with Gasteiger partial charge in [0.15, 0.2) is 6.29 Å². The summed E-state index contributed by atoms with van der Waals surface area (Å²) in [7, 11) is 0. The summed E-state index contributed by atoms with van der Waals surface area (Å²) in [5.41, 5.74) is 2.94. The maximum atomic E-state index is 10.7. The second-order valence-electron chi connectivity index (χ2n) is 3.17. The highest BCUT2D eigenvalue weighted by Crippen LogP contribution is 2.16. The Labute approximate surface area is 76.9 Å². The summed E-state index contributed by atoms with van der Waals surface area (Å²) in [5, 5.41) is 7.51. The molecule has 1 aliphatic heterocycles. The van der Waals surface area contributed by atoms with Gasteiger partial charge in [-0.05, 0) is 19.9 Å². The van der Waals surface area contributed by atoms with Gasteiger partial charge in [0.25, 0.3) is 0 Å². The van der Waals surface area contributed by atoms with Crippen LogP contribution in [0.4, 0.5) is 0 Å². The zero-order valence-corrected chi connectivity index (χ0v) is 7.71. The minimum atomic E-state index is 0.623. The molecule has 0 radical (unpaired) electrons. The van der Waals surface area contributed by atoms with E-state index in [9.17, 15) is 4.79 Å². The molecule has 2 rings (SSSR count). The summed E-state index contributed by atoms with van der Waals surface area (Å²) in [5.74, 6) is 0. The van der Waals surface area contributed by atoms with Crippen molar-refractivity contribution in [2.24, 2.45) is 0 Å². The number of carbonyl (C=O) groups is 1. The van der Waals surface area contributed by atoms with Crippen LogP contribution >= 0.6 is 0 Å². The maximum absolute atomic E-state index is 10.7. The Bertz CT molecular complexity index is 330. The fourth-order valence-corrected chi connectivity index (χ4v) is 1.80. The molecule has 0 saturated heterocycles. The van der Waals surface area contributed by atoms with Gasteiger partial charge < -0.3 is 5.32 Å². The minimum Gasteiger partial charge on any atom is -0.311 e. The van der Waals surface area contributed by atoms with E-state index in [1.807, 2.05) is 11.6 Å². The van der Waals surface area contributed by atoms with Crippen LogP contribution in [0.1, 0.15) is 28.7 Å². The standard InChI is InChI=1S/C9H13N3O/c1-2-12-9-5-10-4-3-7(9)8(6-13)11-12/h6,10H,2-5H2,1H3. The lowest BCUT2D eigenvalue weighted by Gasteiger charge is -2.14. The molecule has 1 aromatic heterocycles. The van der Waals surface area contributed by atoms with Gasteiger partial charge in [0.2, 0.25) is 0 Å². The highest BCUT2D eigenvalue weighted by Gasteiger charge is 2.18. The Balaban J connectivity index is 2.50. The van der Waals surface area contributed by atoms with E-state index in [1.54, 1.807) is 0 Å². The molecule has 0 bridgehead atoms. The van der Waals surface area contributed by atoms with Crippen molar-refractivity contribution in [3.8, 4) is 0 Å². The highest BCUT2D eigenvalue weighted by molar-refractivity contribution is 5.74. The molecule has 4 heteroatoms. The third kappa shape index (κ3) is 1.27. The van der Waals surface area contributed by atoms with Gasteiger partial charge in [-0.15, -0.1) is 0 Å². The van der Waals surface area contributed by atoms with Crippen LogP contribution < -0.4 is 5.32 Å². The fourth-order valence-electron chi connectivity index (χ4n) is 1.80. The van der Waals surface area contributed by atoms with Crippen LogP contribution in [0.3, 0.4) is 0 Å². The van der Waals surface area contributed by atoms with Crippen LogP contribution in [0.15, 0.2) is 0 Å². The predicted octanol–water partition coefficient (Wildman–Crippen LogP) is 0.361. The van der Waals surface area contributed by atoms with Gasteiger partial charge in [-0.25, -0.2) is 0 Å². The molecule has 1 aromatic rings. The number of aryl methyl sites for hydroxylation is 1. The van der Waals surface area contributed by atoms with Crippen molar-refractivity contribution < 1.29 is 4.79 Å². The Morgan fingerprint density at radius 3 is 3.23 bits per heavy atom. The molecule has 1 N–H and O–H groups in total. The van der Waals surface area contributed by atoms with Crippen molar-refractivity contribution in [3.05, 3.63) is 17.0 Å². The van der Waals surface area contributed by atoms with Crippen molar-refractivity contribution in [1.29, 1.82) is 0 Å². The van der Waals surface area contributed by atoms with E-state index in [1.165, 1.54) is 5.69 Å². The van der Waals surface area contributed by atoms with Crippen LogP contribution in [0.2, 0.25) is 0 Å². The average Bonchev–Trinajstić information content (AvgIpc) is 2.56. The number of aromatic nitrogens is 2. The number of rotatable bonds is 2. The van der Waals surface area contributed by atoms with Crippen LogP contribution in [0, 0.1) is 0 Å². The van der Waals surface area contributed by atoms with Crippen molar-refractivity contribution in [3.63, 3.8) is 0 Å². The Kier molecular flexibility index (Phi) is 2.14. The molecular formula is C9H13N3O. The van der Waals surface area contributed by atoms with Crippen molar-refractivity contribution in [2.75, 3.05) is 6.54 Å². The van der Waals surface area contributed by atoms with Crippen molar-refractivity contribution in [2.45, 2.75) is 26.4 Å². The number of hydrogen-bond donors (Lipinski definition) is 1. The van der Waals surface area contributed by atoms with Gasteiger partial charge in [-0.1, -0.05) is 0 Å². The predicted molar refractivity (Wildman–Crippen MR) is 48.7 cm³/mol. The molecular weight excluding hydrogens is 166 g/mol. The molecule has 0 fully saturated rings. The molecule has 0 amide bonds. The third-order valence-electron chi connectivity index (χ3n) is 2.45. The molecule has 0 atom stereocenters. The van der Waals surface area contributed by atoms with E-state index in [-0.39, 0.29) is 0 Å². The van der Waals surface area contributed by atoms with Crippen molar-refractivity contribution >= 4 is 6.29 Å². The van der Waals surface area contributed by atoms with Crippen molar-refractivity contribution in [1.82, 2.24) is 15.1 Å². The first-order valence-electron chi connectivity index (χ1n) is 4.61. The summed E-state index contributed by atoms with van der Waals surface area (Å²) in [6.07, 6.45) is 1.78. The monoisotopic (exact) mass is 179 g/mol. The zero-order valence-electron chi connectivity index (χ0n) is 7.71. The molecule has 0 aromatic carbocycles. The van der Waals surface area contributed by atoms with Gasteiger partial charge >= 0.3 is 0 Å². The van der Waals surface area contributed by atoms with E-state index in [4.69, 9.17) is 0 Å². The number of aldehydes is 1. The second kappa shape index (κ2) is 3.30. The molecule has 70 valence electrons. The van der Waals surface area contributed by atoms with E-state index in [0.717, 1.165) is 37.9 Å². The second-order valence-corrected chi connectivity index (χ2v) is 3.17. The molecule has 0 saturated carbocycles. The zero-order chi connectivity index (χ0) is 9.26. The number of nitrogens with zero attached hydrogens (tertiary/aromatic N) is 2. The molecule has 0 unspecified atom stereocenters. The van der Waals surface area contributed by atoms with E-state index >= 15 is 0 Å². The van der Waals surface area contributed by atoms with Gasteiger partial charge in [0.1, 0.15) is 5.69 Å². The Morgan fingerprint density at radius 1 is 1.69 bits per heavy atom. The van der Waals surface area contributed by atoms with E-state index in [0.29, 0.717) is 5.69 Å². The molecule has 13 heavy (non-hydrogen) atoms. The molecule has 1 aliphatic rings. The van der Waals surface area contributed by atoms with Crippen LogP contribution in [-0.4, -0.2) is 22.6 Å².